The predicted octanol–water partition coefficient (Wildman–Crippen LogP) is 1.29. The minimum Gasteiger partial charge on any atom is -0.481 e. The number of amides is 3. The van der Waals surface area contributed by atoms with Gasteiger partial charge in [0.2, 0.25) is 11.9 Å². The summed E-state index contributed by atoms with van der Waals surface area (Å²) in [5, 5.41) is 27.5. The summed E-state index contributed by atoms with van der Waals surface area (Å²) in [4.78, 5) is 105. The number of aryl methyl sites for hydroxylation is 1. The Hall–Kier alpha value is -7.01. The zero-order valence-electron chi connectivity index (χ0n) is 35.5. The Morgan fingerprint density at radius 1 is 0.953 bits per heavy atom. The zero-order valence-corrected chi connectivity index (χ0v) is 36.3. The Morgan fingerprint density at radius 3 is 2.23 bits per heavy atom. The van der Waals surface area contributed by atoms with Gasteiger partial charge < -0.3 is 47.1 Å². The Bertz CT molecular complexity index is 2530. The lowest BCUT2D eigenvalue weighted by molar-refractivity contribution is -0.155. The molecule has 2 aromatic heterocycles. The number of aliphatic hydroxyl groups is 1. The second-order valence-corrected chi connectivity index (χ2v) is 17.9. The van der Waals surface area contributed by atoms with Crippen LogP contribution in [0.25, 0.3) is 11.2 Å². The second kappa shape index (κ2) is 21.4. The number of aliphatic hydroxyl groups excluding tert-OH is 1. The third-order valence-electron chi connectivity index (χ3n) is 9.55. The summed E-state index contributed by atoms with van der Waals surface area (Å²) in [6, 6.07) is 10.1. The molecule has 22 nitrogen and oxygen atoms in total. The Labute approximate surface area is 366 Å². The first kappa shape index (κ1) is 49.6. The van der Waals surface area contributed by atoms with Crippen molar-refractivity contribution in [1.82, 2.24) is 30.6 Å². The first-order valence-electron chi connectivity index (χ1n) is 19.8. The number of sulfone groups is 1. The van der Waals surface area contributed by atoms with Crippen LogP contribution in [0.1, 0.15) is 74.5 Å². The molecule has 2 heterocycles. The molecule has 2 unspecified atom stereocenters. The highest BCUT2D eigenvalue weighted by molar-refractivity contribution is 7.91. The largest absolute Gasteiger partial charge is 0.481 e. The van der Waals surface area contributed by atoms with Gasteiger partial charge in [0.05, 0.1) is 47.7 Å². The van der Waals surface area contributed by atoms with Crippen molar-refractivity contribution in [1.29, 1.82) is 0 Å². The number of esters is 1. The lowest BCUT2D eigenvalue weighted by atomic mass is 9.89. The van der Waals surface area contributed by atoms with Gasteiger partial charge in [-0.15, -0.1) is 0 Å². The fourth-order valence-corrected chi connectivity index (χ4v) is 7.52. The van der Waals surface area contributed by atoms with E-state index in [2.05, 4.69) is 35.9 Å². The molecule has 0 spiro atoms. The number of nitrogens with two attached hydrogens (primary N) is 2. The summed E-state index contributed by atoms with van der Waals surface area (Å²) in [7, 11) is -4.15. The lowest BCUT2D eigenvalue weighted by Crippen LogP contribution is -2.57. The van der Waals surface area contributed by atoms with E-state index in [1.54, 1.807) is 39.8 Å². The molecule has 0 radical (unpaired) electrons. The van der Waals surface area contributed by atoms with Gasteiger partial charge in [-0.3, -0.25) is 29.0 Å². The predicted molar refractivity (Wildman–Crippen MR) is 229 cm³/mol. The normalized spacial score (nSPS) is 13.5. The number of carboxylic acid groups (broad SMARTS) is 1. The van der Waals surface area contributed by atoms with Gasteiger partial charge in [-0.25, -0.2) is 28.0 Å². The number of benzene rings is 2. The van der Waals surface area contributed by atoms with Crippen LogP contribution >= 0.6 is 0 Å². The summed E-state index contributed by atoms with van der Waals surface area (Å²) in [6.45, 7) is 4.69. The zero-order chi connectivity index (χ0) is 47.4. The lowest BCUT2D eigenvalue weighted by Gasteiger charge is -2.33. The standard InChI is InChI=1S/C41H51N9O13S/c1-23-5-11-28(12-6-23)64(60,61)18-17-41(16-15-30(42)52,37(58)62-22-25(21-51)33(55)29(13-14-31(53)54)47-39(59)63-40(2,3)4)50-35(56)24-7-9-26(10-8-24)44-19-27-20-45-34-32(46-27)36(57)49-38(43)48-34/h5-12,20,25,29,44,51H,13-19,21-22H2,1-4H3,(H2,42,52)(H,47,59)(H,50,56)(H,53,54)(H3,43,45,48,49,57)/t25?,29-,41?/m0/s1. The van der Waals surface area contributed by atoms with Crippen molar-refractivity contribution in [2.24, 2.45) is 11.7 Å². The maximum absolute atomic E-state index is 14.3. The topological polar surface area (TPSA) is 355 Å². The number of hydrogen-bond acceptors (Lipinski definition) is 17. The third kappa shape index (κ3) is 14.3. The third-order valence-corrected chi connectivity index (χ3v) is 11.3. The number of H-pyrrole nitrogens is 1. The molecule has 0 bridgehead atoms. The minimum absolute atomic E-state index is 0.0261. The van der Waals surface area contributed by atoms with Crippen LogP contribution in [0.3, 0.4) is 0 Å². The van der Waals surface area contributed by atoms with Crippen molar-refractivity contribution >= 4 is 68.3 Å². The second-order valence-electron chi connectivity index (χ2n) is 15.8. The number of alkyl carbamates (subject to hydrolysis) is 1. The molecular formula is C41H51N9O13S. The Kier molecular flexibility index (Phi) is 16.6. The highest BCUT2D eigenvalue weighted by atomic mass is 32.2. The highest BCUT2D eigenvalue weighted by Crippen LogP contribution is 2.26. The van der Waals surface area contributed by atoms with Gasteiger partial charge in [0.25, 0.3) is 11.5 Å². The van der Waals surface area contributed by atoms with Gasteiger partial charge >= 0.3 is 18.0 Å². The van der Waals surface area contributed by atoms with Gasteiger partial charge in [0.15, 0.2) is 26.8 Å². The number of carbonyl (C=O) groups excluding carboxylic acids is 5. The molecule has 0 saturated carbocycles. The minimum atomic E-state index is -4.15. The average molecular weight is 910 g/mol. The summed E-state index contributed by atoms with van der Waals surface area (Å²) in [5.74, 6) is -7.76. The molecule has 0 aliphatic rings. The molecule has 4 rings (SSSR count). The smallest absolute Gasteiger partial charge is 0.408 e. The first-order valence-corrected chi connectivity index (χ1v) is 21.4. The fraction of sp³-hybridized carbons (Fsp3) is 0.415. The number of nitrogens with zero attached hydrogens (tertiary/aromatic N) is 3. The Morgan fingerprint density at radius 2 is 1.62 bits per heavy atom. The number of Topliss-reactive ketones (excluding diaryl/α,β-unsaturated/α-hetero) is 1. The number of nitrogens with one attached hydrogen (secondary N) is 4. The molecule has 344 valence electrons. The van der Waals surface area contributed by atoms with Crippen LogP contribution in [0, 0.1) is 12.8 Å². The summed E-state index contributed by atoms with van der Waals surface area (Å²) >= 11 is 0. The SMILES string of the molecule is Cc1ccc(S(=O)(=O)CCC(CCC(N)=O)(NC(=O)c2ccc(NCc3cnc4nc(N)[nH]c(=O)c4n3)cc2)C(=O)OCC(CO)C(=O)[C@H](CCC(=O)O)NC(=O)OC(C)(C)C)cc1. The van der Waals surface area contributed by atoms with Crippen LogP contribution in [0.15, 0.2) is 64.4 Å². The number of primary amides is 1. The van der Waals surface area contributed by atoms with E-state index in [-0.39, 0.29) is 34.1 Å². The molecular weight excluding hydrogens is 859 g/mol. The maximum atomic E-state index is 14.3. The van der Waals surface area contributed by atoms with Crippen LogP contribution in [0.2, 0.25) is 0 Å². The molecule has 0 aliphatic heterocycles. The maximum Gasteiger partial charge on any atom is 0.408 e. The molecule has 3 atom stereocenters. The van der Waals surface area contributed by atoms with Crippen molar-refractivity contribution < 1.29 is 56.9 Å². The van der Waals surface area contributed by atoms with Crippen LogP contribution in [0.4, 0.5) is 16.4 Å². The number of aliphatic carboxylic acids is 1. The van der Waals surface area contributed by atoms with E-state index in [0.717, 1.165) is 5.56 Å². The molecule has 0 fully saturated rings. The van der Waals surface area contributed by atoms with Crippen molar-refractivity contribution in [3.05, 3.63) is 81.9 Å². The number of aromatic amines is 1. The van der Waals surface area contributed by atoms with E-state index in [4.69, 9.17) is 20.9 Å². The van der Waals surface area contributed by atoms with Crippen molar-refractivity contribution in [2.75, 3.05) is 30.0 Å². The quantitative estimate of drug-likeness (QED) is 0.0515. The van der Waals surface area contributed by atoms with Crippen LogP contribution < -0.4 is 33.0 Å². The highest BCUT2D eigenvalue weighted by Gasteiger charge is 2.44. The van der Waals surface area contributed by atoms with Crippen molar-refractivity contribution in [3.63, 3.8) is 0 Å². The van der Waals surface area contributed by atoms with E-state index in [1.807, 2.05) is 0 Å². The van der Waals surface area contributed by atoms with Gasteiger partial charge in [0, 0.05) is 24.1 Å². The molecule has 3 amide bonds. The van der Waals surface area contributed by atoms with Gasteiger partial charge in [-0.05, 0) is 83.4 Å². The molecule has 10 N–H and O–H groups in total. The van der Waals surface area contributed by atoms with Gasteiger partial charge in [-0.2, -0.15) is 4.98 Å². The van der Waals surface area contributed by atoms with Crippen LogP contribution in [-0.2, 0) is 45.0 Å². The van der Waals surface area contributed by atoms with E-state index < -0.39 is 125 Å². The molecule has 0 aliphatic carbocycles. The van der Waals surface area contributed by atoms with E-state index >= 15 is 0 Å². The molecule has 4 aromatic rings. The number of carboxylic acids is 1. The number of rotatable bonds is 22. The fourth-order valence-electron chi connectivity index (χ4n) is 6.12. The number of fused-ring (bicyclic) bond motifs is 1. The summed E-state index contributed by atoms with van der Waals surface area (Å²) < 4.78 is 37.9. The number of carbonyl (C=O) groups is 6. The molecule has 64 heavy (non-hydrogen) atoms. The van der Waals surface area contributed by atoms with Crippen LogP contribution in [-0.4, -0.2) is 110 Å². The average Bonchev–Trinajstić information content (AvgIpc) is 3.22. The number of hydrogen-bond donors (Lipinski definition) is 8. The molecule has 0 saturated heterocycles. The molecule has 23 heteroatoms. The van der Waals surface area contributed by atoms with Gasteiger partial charge in [-0.1, -0.05) is 17.7 Å². The molecule has 2 aromatic carbocycles. The Balaban J connectivity index is 1.61. The number of aromatic nitrogens is 4. The monoisotopic (exact) mass is 909 g/mol. The number of ether oxygens (including phenoxy) is 2. The van der Waals surface area contributed by atoms with Gasteiger partial charge in [0.1, 0.15) is 17.7 Å². The van der Waals surface area contributed by atoms with E-state index in [9.17, 15) is 52.2 Å². The van der Waals surface area contributed by atoms with E-state index in [0.29, 0.717) is 11.4 Å². The number of ketones is 1. The van der Waals surface area contributed by atoms with Crippen LogP contribution in [0.5, 0.6) is 0 Å². The summed E-state index contributed by atoms with van der Waals surface area (Å²) in [5.41, 5.74) is 8.80. The number of anilines is 2. The first-order chi connectivity index (χ1) is 30.0. The van der Waals surface area contributed by atoms with E-state index in [1.165, 1.54) is 42.6 Å². The van der Waals surface area contributed by atoms with Crippen molar-refractivity contribution in [2.45, 2.75) is 88.4 Å². The summed E-state index contributed by atoms with van der Waals surface area (Å²) in [6.07, 6.45) is -2.43. The number of nitrogen functional groups attached to an aromatic ring is 1. The van der Waals surface area contributed by atoms with Crippen molar-refractivity contribution in [3.8, 4) is 0 Å².